The Hall–Kier alpha value is -1.93. The molecule has 0 heterocycles. The van der Waals surface area contributed by atoms with Crippen LogP contribution in [0.15, 0.2) is 58.6 Å². The highest BCUT2D eigenvalue weighted by atomic mass is 79.9. The maximum Gasteiger partial charge on any atom is 0.188 e. The van der Waals surface area contributed by atoms with Crippen molar-refractivity contribution in [2.45, 2.75) is 0 Å². The van der Waals surface area contributed by atoms with Crippen LogP contribution in [0.25, 0.3) is 22.4 Å². The molecule has 0 spiro atoms. The van der Waals surface area contributed by atoms with Gasteiger partial charge in [0.15, 0.2) is 5.78 Å². The molecule has 0 saturated heterocycles. The molecule has 0 atom stereocenters. The fourth-order valence-corrected chi connectivity index (χ4v) is 3.28. The molecule has 0 bridgehead atoms. The monoisotopic (exact) mass is 308 g/mol. The number of ketones is 1. The lowest BCUT2D eigenvalue weighted by molar-refractivity contribution is -0.109. The highest BCUT2D eigenvalue weighted by Crippen LogP contribution is 2.27. The van der Waals surface area contributed by atoms with Crippen molar-refractivity contribution in [2.75, 3.05) is 0 Å². The molecule has 2 aliphatic carbocycles. The lowest BCUT2D eigenvalue weighted by atomic mass is 9.98. The first-order valence-electron chi connectivity index (χ1n) is 6.11. The lowest BCUT2D eigenvalue weighted by Gasteiger charge is -2.07. The standard InChI is InChI=1S/C17H9BrO/c18-12-7-11-8-15-13-4-2-1-3-10(13)5-6-14(15)17(11)16(19)9-12/h1-9H. The maximum atomic E-state index is 12.2. The molecule has 0 unspecified atom stereocenters. The molecule has 90 valence electrons. The van der Waals surface area contributed by atoms with Gasteiger partial charge in [-0.3, -0.25) is 4.79 Å². The Labute approximate surface area is 118 Å². The van der Waals surface area contributed by atoms with E-state index in [4.69, 9.17) is 0 Å². The van der Waals surface area contributed by atoms with Crippen LogP contribution in [-0.4, -0.2) is 5.78 Å². The zero-order valence-corrected chi connectivity index (χ0v) is 11.6. The molecule has 1 nitrogen and oxygen atoms in total. The third kappa shape index (κ3) is 1.50. The maximum absolute atomic E-state index is 12.2. The van der Waals surface area contributed by atoms with E-state index in [9.17, 15) is 4.79 Å². The van der Waals surface area contributed by atoms with Gasteiger partial charge in [-0.1, -0.05) is 52.3 Å². The number of allylic oxidation sites excluding steroid dienone is 4. The molecule has 2 aromatic carbocycles. The number of benzene rings is 2. The van der Waals surface area contributed by atoms with Crippen LogP contribution in [0.1, 0.15) is 0 Å². The average Bonchev–Trinajstić information content (AvgIpc) is 2.77. The fourth-order valence-electron chi connectivity index (χ4n) is 2.83. The summed E-state index contributed by atoms with van der Waals surface area (Å²) in [5, 5.41) is 4.61. The highest BCUT2D eigenvalue weighted by Gasteiger charge is 2.21. The Balaban J connectivity index is 2.22. The van der Waals surface area contributed by atoms with Crippen molar-refractivity contribution < 1.29 is 4.79 Å². The Bertz CT molecular complexity index is 929. The Morgan fingerprint density at radius 2 is 1.74 bits per heavy atom. The van der Waals surface area contributed by atoms with E-state index in [0.29, 0.717) is 0 Å². The van der Waals surface area contributed by atoms with Gasteiger partial charge in [-0.2, -0.15) is 0 Å². The molecule has 0 N–H and O–H groups in total. The largest absolute Gasteiger partial charge is 0.289 e. The zero-order valence-electron chi connectivity index (χ0n) is 9.98. The summed E-state index contributed by atoms with van der Waals surface area (Å²) < 4.78 is 0.838. The minimum Gasteiger partial charge on any atom is -0.289 e. The summed E-state index contributed by atoms with van der Waals surface area (Å²) in [7, 11) is 0. The van der Waals surface area contributed by atoms with Gasteiger partial charge in [-0.25, -0.2) is 0 Å². The van der Waals surface area contributed by atoms with Crippen molar-refractivity contribution in [3.05, 3.63) is 69.0 Å². The summed E-state index contributed by atoms with van der Waals surface area (Å²) >= 11 is 3.39. The zero-order chi connectivity index (χ0) is 13.0. The van der Waals surface area contributed by atoms with Crippen LogP contribution in [0, 0.1) is 0 Å². The molecular formula is C17H9BrO. The number of fused-ring (bicyclic) bond motifs is 4. The van der Waals surface area contributed by atoms with Gasteiger partial charge in [0.2, 0.25) is 0 Å². The van der Waals surface area contributed by atoms with Gasteiger partial charge in [0, 0.05) is 16.1 Å². The number of rotatable bonds is 0. The lowest BCUT2D eigenvalue weighted by Crippen LogP contribution is -2.25. The van der Waals surface area contributed by atoms with Crippen LogP contribution < -0.4 is 10.4 Å². The number of halogens is 1. The summed E-state index contributed by atoms with van der Waals surface area (Å²) in [6, 6.07) is 12.4. The topological polar surface area (TPSA) is 17.1 Å². The van der Waals surface area contributed by atoms with E-state index in [0.717, 1.165) is 26.1 Å². The summed E-state index contributed by atoms with van der Waals surface area (Å²) in [6.45, 7) is 0. The molecule has 0 radical (unpaired) electrons. The molecule has 0 aromatic heterocycles. The second-order valence-corrected chi connectivity index (χ2v) is 5.68. The van der Waals surface area contributed by atoms with Gasteiger partial charge < -0.3 is 0 Å². The van der Waals surface area contributed by atoms with Gasteiger partial charge in [-0.05, 0) is 38.9 Å². The normalized spacial score (nSPS) is 16.7. The van der Waals surface area contributed by atoms with Crippen LogP contribution >= 0.6 is 15.9 Å². The molecule has 2 aromatic rings. The number of hydrogen-bond donors (Lipinski definition) is 0. The SMILES string of the molecule is O=C1C=C(Br)C=C2C=c3c(ccc4ccccc34)=C12. The minimum absolute atomic E-state index is 0.0784. The summed E-state index contributed by atoms with van der Waals surface area (Å²) in [6.07, 6.45) is 5.75. The third-order valence-corrected chi connectivity index (χ3v) is 4.10. The van der Waals surface area contributed by atoms with E-state index in [-0.39, 0.29) is 5.78 Å². The van der Waals surface area contributed by atoms with Crippen molar-refractivity contribution in [1.82, 2.24) is 0 Å². The Morgan fingerprint density at radius 3 is 2.63 bits per heavy atom. The van der Waals surface area contributed by atoms with Crippen LogP contribution in [0.4, 0.5) is 0 Å². The predicted molar refractivity (Wildman–Crippen MR) is 81.2 cm³/mol. The number of carbonyl (C=O) groups excluding carboxylic acids is 1. The van der Waals surface area contributed by atoms with Crippen molar-refractivity contribution >= 4 is 44.1 Å². The second kappa shape index (κ2) is 3.78. The first kappa shape index (κ1) is 10.9. The van der Waals surface area contributed by atoms with Gasteiger partial charge in [-0.15, -0.1) is 0 Å². The van der Waals surface area contributed by atoms with Gasteiger partial charge in [0.25, 0.3) is 0 Å². The summed E-state index contributed by atoms with van der Waals surface area (Å²) in [5.41, 5.74) is 1.83. The van der Waals surface area contributed by atoms with Gasteiger partial charge in [0.1, 0.15) is 0 Å². The molecule has 0 fully saturated rings. The Kier molecular flexibility index (Phi) is 2.18. The van der Waals surface area contributed by atoms with Crippen LogP contribution in [-0.2, 0) is 4.79 Å². The quantitative estimate of drug-likeness (QED) is 0.731. The van der Waals surface area contributed by atoms with E-state index < -0.39 is 0 Å². The smallest absolute Gasteiger partial charge is 0.188 e. The molecule has 4 rings (SSSR count). The molecule has 0 aliphatic heterocycles. The van der Waals surface area contributed by atoms with Crippen LogP contribution in [0.5, 0.6) is 0 Å². The van der Waals surface area contributed by atoms with Crippen molar-refractivity contribution in [3.63, 3.8) is 0 Å². The van der Waals surface area contributed by atoms with E-state index >= 15 is 0 Å². The van der Waals surface area contributed by atoms with E-state index in [1.807, 2.05) is 18.2 Å². The van der Waals surface area contributed by atoms with Crippen molar-refractivity contribution in [1.29, 1.82) is 0 Å². The molecule has 2 aliphatic rings. The van der Waals surface area contributed by atoms with Crippen LogP contribution in [0.2, 0.25) is 0 Å². The second-order valence-electron chi connectivity index (χ2n) is 4.76. The first-order chi connectivity index (χ1) is 9.24. The average molecular weight is 309 g/mol. The van der Waals surface area contributed by atoms with Gasteiger partial charge in [0.05, 0.1) is 0 Å². The fraction of sp³-hybridized carbons (Fsp3) is 0. The van der Waals surface area contributed by atoms with Crippen molar-refractivity contribution in [2.24, 2.45) is 0 Å². The molecule has 0 saturated carbocycles. The Morgan fingerprint density at radius 1 is 0.895 bits per heavy atom. The summed E-state index contributed by atoms with van der Waals surface area (Å²) in [4.78, 5) is 12.2. The van der Waals surface area contributed by atoms with E-state index in [1.54, 1.807) is 6.08 Å². The predicted octanol–water partition coefficient (Wildman–Crippen LogP) is 2.57. The number of carbonyl (C=O) groups is 1. The summed E-state index contributed by atoms with van der Waals surface area (Å²) in [5.74, 6) is 0.0784. The number of hydrogen-bond acceptors (Lipinski definition) is 1. The van der Waals surface area contributed by atoms with E-state index in [1.165, 1.54) is 10.8 Å². The first-order valence-corrected chi connectivity index (χ1v) is 6.91. The van der Waals surface area contributed by atoms with Crippen molar-refractivity contribution in [3.8, 4) is 0 Å². The third-order valence-electron chi connectivity index (χ3n) is 3.64. The van der Waals surface area contributed by atoms with E-state index in [2.05, 4.69) is 46.3 Å². The van der Waals surface area contributed by atoms with Gasteiger partial charge >= 0.3 is 0 Å². The molecular weight excluding hydrogens is 300 g/mol. The highest BCUT2D eigenvalue weighted by molar-refractivity contribution is 9.11. The molecule has 19 heavy (non-hydrogen) atoms. The molecule has 2 heteroatoms. The minimum atomic E-state index is 0.0784. The molecule has 0 amide bonds. The van der Waals surface area contributed by atoms with Crippen LogP contribution in [0.3, 0.4) is 0 Å².